The molecule has 1 aliphatic rings. The van der Waals surface area contributed by atoms with Gasteiger partial charge in [0.1, 0.15) is 30.3 Å². The molecule has 132 valence electrons. The van der Waals surface area contributed by atoms with Crippen molar-refractivity contribution in [2.24, 2.45) is 0 Å². The quantitative estimate of drug-likeness (QED) is 0.838. The van der Waals surface area contributed by atoms with Crippen LogP contribution in [0, 0.1) is 5.82 Å². The summed E-state index contributed by atoms with van der Waals surface area (Å²) in [5.74, 6) is 0.0958. The lowest BCUT2D eigenvalue weighted by atomic mass is 10.0. The van der Waals surface area contributed by atoms with Crippen molar-refractivity contribution in [1.82, 2.24) is 10.2 Å². The first-order valence-electron chi connectivity index (χ1n) is 8.26. The minimum atomic E-state index is -0.762. The van der Waals surface area contributed by atoms with Gasteiger partial charge >= 0.3 is 0 Å². The molecule has 2 aromatic rings. The minimum Gasteiger partial charge on any atom is -0.491 e. The maximum Gasteiger partial charge on any atom is 0.242 e. The maximum absolute atomic E-state index is 12.9. The number of halogens is 1. The number of carbonyl (C=O) groups is 1. The fourth-order valence-electron chi connectivity index (χ4n) is 2.96. The van der Waals surface area contributed by atoms with Crippen LogP contribution in [-0.4, -0.2) is 48.3 Å². The van der Waals surface area contributed by atoms with Gasteiger partial charge in [0.05, 0.1) is 0 Å². The van der Waals surface area contributed by atoms with E-state index < -0.39 is 12.1 Å². The van der Waals surface area contributed by atoms with E-state index in [2.05, 4.69) is 5.32 Å². The van der Waals surface area contributed by atoms with Crippen LogP contribution in [0.5, 0.6) is 5.75 Å². The van der Waals surface area contributed by atoms with Crippen LogP contribution in [0.1, 0.15) is 11.6 Å². The van der Waals surface area contributed by atoms with Crippen molar-refractivity contribution in [2.75, 3.05) is 26.2 Å². The first-order valence-corrected chi connectivity index (χ1v) is 8.26. The van der Waals surface area contributed by atoms with Crippen molar-refractivity contribution in [3.63, 3.8) is 0 Å². The topological polar surface area (TPSA) is 61.8 Å². The van der Waals surface area contributed by atoms with Gasteiger partial charge in [-0.15, -0.1) is 0 Å². The van der Waals surface area contributed by atoms with Crippen LogP contribution in [0.25, 0.3) is 0 Å². The molecule has 0 bridgehead atoms. The maximum atomic E-state index is 12.9. The van der Waals surface area contributed by atoms with Crippen LogP contribution in [0.3, 0.4) is 0 Å². The van der Waals surface area contributed by atoms with E-state index in [0.29, 0.717) is 25.4 Å². The molecular formula is C19H21FN2O3. The second-order valence-corrected chi connectivity index (χ2v) is 6.02. The number of rotatable bonds is 6. The molecule has 0 unspecified atom stereocenters. The Balaban J connectivity index is 1.61. The second kappa shape index (κ2) is 8.09. The monoisotopic (exact) mass is 344 g/mol. The van der Waals surface area contributed by atoms with Crippen LogP contribution in [0.2, 0.25) is 0 Å². The third kappa shape index (κ3) is 4.55. The van der Waals surface area contributed by atoms with Gasteiger partial charge in [-0.05, 0) is 29.8 Å². The molecule has 1 saturated heterocycles. The summed E-state index contributed by atoms with van der Waals surface area (Å²) in [5, 5.41) is 13.2. The molecule has 2 N–H and O–H groups in total. The SMILES string of the molecule is O=C1NCCN(C[C@@H](O)COc2ccc(F)cc2)[C@@H]1c1ccccc1. The summed E-state index contributed by atoms with van der Waals surface area (Å²) in [6.07, 6.45) is -0.762. The lowest BCUT2D eigenvalue weighted by molar-refractivity contribution is -0.130. The second-order valence-electron chi connectivity index (χ2n) is 6.02. The smallest absolute Gasteiger partial charge is 0.242 e. The molecule has 6 heteroatoms. The molecule has 0 aliphatic carbocycles. The molecule has 0 saturated carbocycles. The minimum absolute atomic E-state index is 0.0656. The predicted molar refractivity (Wildman–Crippen MR) is 91.7 cm³/mol. The number of benzene rings is 2. The number of nitrogens with zero attached hydrogens (tertiary/aromatic N) is 1. The fraction of sp³-hybridized carbons (Fsp3) is 0.316. The van der Waals surface area contributed by atoms with E-state index in [0.717, 1.165) is 5.56 Å². The number of amides is 1. The highest BCUT2D eigenvalue weighted by atomic mass is 19.1. The van der Waals surface area contributed by atoms with Gasteiger partial charge in [-0.2, -0.15) is 0 Å². The molecule has 0 aromatic heterocycles. The molecule has 5 nitrogen and oxygen atoms in total. The Bertz CT molecular complexity index is 694. The number of hydrogen-bond acceptors (Lipinski definition) is 4. The van der Waals surface area contributed by atoms with E-state index in [1.54, 1.807) is 0 Å². The Hall–Kier alpha value is -2.44. The number of ether oxygens (including phenoxy) is 1. The van der Waals surface area contributed by atoms with E-state index in [-0.39, 0.29) is 18.3 Å². The Morgan fingerprint density at radius 2 is 1.92 bits per heavy atom. The van der Waals surface area contributed by atoms with E-state index in [4.69, 9.17) is 4.74 Å². The summed E-state index contributed by atoms with van der Waals surface area (Å²) in [6.45, 7) is 1.59. The zero-order chi connectivity index (χ0) is 17.6. The highest BCUT2D eigenvalue weighted by Gasteiger charge is 2.32. The third-order valence-electron chi connectivity index (χ3n) is 4.13. The van der Waals surface area contributed by atoms with Crippen LogP contribution in [0.15, 0.2) is 54.6 Å². The highest BCUT2D eigenvalue weighted by molar-refractivity contribution is 5.83. The van der Waals surface area contributed by atoms with Gasteiger partial charge in [0, 0.05) is 19.6 Å². The van der Waals surface area contributed by atoms with Gasteiger partial charge in [-0.3, -0.25) is 9.69 Å². The van der Waals surface area contributed by atoms with Crippen molar-refractivity contribution in [1.29, 1.82) is 0 Å². The number of piperazine rings is 1. The van der Waals surface area contributed by atoms with Crippen molar-refractivity contribution in [2.45, 2.75) is 12.1 Å². The number of carbonyl (C=O) groups excluding carboxylic acids is 1. The fourth-order valence-corrected chi connectivity index (χ4v) is 2.96. The molecule has 2 atom stereocenters. The number of nitrogens with one attached hydrogen (secondary N) is 1. The van der Waals surface area contributed by atoms with Crippen molar-refractivity contribution < 1.29 is 19.0 Å². The number of hydrogen-bond donors (Lipinski definition) is 2. The normalized spacial score (nSPS) is 19.3. The van der Waals surface area contributed by atoms with Crippen LogP contribution < -0.4 is 10.1 Å². The highest BCUT2D eigenvalue weighted by Crippen LogP contribution is 2.23. The standard InChI is InChI=1S/C19H21FN2O3/c20-15-6-8-17(9-7-15)25-13-16(23)12-22-11-10-21-19(24)18(22)14-4-2-1-3-5-14/h1-9,16,18,23H,10-13H2,(H,21,24)/t16-,18-/m1/s1. The zero-order valence-corrected chi connectivity index (χ0v) is 13.8. The molecule has 0 spiro atoms. The van der Waals surface area contributed by atoms with Crippen molar-refractivity contribution >= 4 is 5.91 Å². The van der Waals surface area contributed by atoms with Crippen molar-refractivity contribution in [3.8, 4) is 5.75 Å². The lowest BCUT2D eigenvalue weighted by Crippen LogP contribution is -2.52. The molecule has 25 heavy (non-hydrogen) atoms. The van der Waals surface area contributed by atoms with E-state index >= 15 is 0 Å². The molecule has 1 heterocycles. The summed E-state index contributed by atoms with van der Waals surface area (Å²) in [5.41, 5.74) is 0.895. The first-order chi connectivity index (χ1) is 12.1. The molecule has 1 aliphatic heterocycles. The molecule has 1 fully saturated rings. The molecule has 3 rings (SSSR count). The largest absolute Gasteiger partial charge is 0.491 e. The molecule has 1 amide bonds. The first kappa shape index (κ1) is 17.4. The summed E-state index contributed by atoms with van der Waals surface area (Å²) in [4.78, 5) is 14.2. The van der Waals surface area contributed by atoms with Gasteiger partial charge in [0.2, 0.25) is 5.91 Å². The Morgan fingerprint density at radius 3 is 2.64 bits per heavy atom. The predicted octanol–water partition coefficient (Wildman–Crippen LogP) is 1.74. The molecule has 2 aromatic carbocycles. The van der Waals surface area contributed by atoms with Gasteiger partial charge in [-0.25, -0.2) is 4.39 Å². The summed E-state index contributed by atoms with van der Waals surface area (Å²) < 4.78 is 18.4. The van der Waals surface area contributed by atoms with Crippen molar-refractivity contribution in [3.05, 3.63) is 66.0 Å². The third-order valence-corrected chi connectivity index (χ3v) is 4.13. The van der Waals surface area contributed by atoms with E-state index in [1.807, 2.05) is 35.2 Å². The number of aliphatic hydroxyl groups is 1. The Kier molecular flexibility index (Phi) is 5.63. The average Bonchev–Trinajstić information content (AvgIpc) is 2.62. The molecule has 0 radical (unpaired) electrons. The summed E-state index contributed by atoms with van der Waals surface area (Å²) in [6, 6.07) is 14.7. The Morgan fingerprint density at radius 1 is 1.20 bits per heavy atom. The zero-order valence-electron chi connectivity index (χ0n) is 13.8. The number of β-amino-alcohol motifs (C(OH)–C–C–N with tert-alkyl or cyclic N) is 1. The average molecular weight is 344 g/mol. The Labute approximate surface area is 146 Å². The van der Waals surface area contributed by atoms with Crippen LogP contribution >= 0.6 is 0 Å². The van der Waals surface area contributed by atoms with Gasteiger partial charge in [0.15, 0.2) is 0 Å². The van der Waals surface area contributed by atoms with Crippen LogP contribution in [0.4, 0.5) is 4.39 Å². The van der Waals surface area contributed by atoms with E-state index in [1.165, 1.54) is 24.3 Å². The molecular weight excluding hydrogens is 323 g/mol. The summed E-state index contributed by atoms with van der Waals surface area (Å²) in [7, 11) is 0. The summed E-state index contributed by atoms with van der Waals surface area (Å²) >= 11 is 0. The van der Waals surface area contributed by atoms with Gasteiger partial charge in [-0.1, -0.05) is 30.3 Å². The van der Waals surface area contributed by atoms with E-state index in [9.17, 15) is 14.3 Å². The van der Waals surface area contributed by atoms with Crippen LogP contribution in [-0.2, 0) is 4.79 Å². The number of aliphatic hydroxyl groups excluding tert-OH is 1. The van der Waals surface area contributed by atoms with Gasteiger partial charge in [0.25, 0.3) is 0 Å². The lowest BCUT2D eigenvalue weighted by Gasteiger charge is -2.36. The van der Waals surface area contributed by atoms with Gasteiger partial charge < -0.3 is 15.2 Å².